The maximum atomic E-state index is 13.2. The van der Waals surface area contributed by atoms with Gasteiger partial charge in [-0.3, -0.25) is 14.4 Å². The summed E-state index contributed by atoms with van der Waals surface area (Å²) in [5.74, 6) is -2.86. The minimum absolute atomic E-state index is 0.0321. The molecular formula is C27H16FNO5. The van der Waals surface area contributed by atoms with Crippen LogP contribution >= 0.6 is 0 Å². The van der Waals surface area contributed by atoms with E-state index in [-0.39, 0.29) is 28.2 Å². The van der Waals surface area contributed by atoms with Crippen LogP contribution < -0.4 is 4.90 Å². The molecule has 6 nitrogen and oxygen atoms in total. The molecule has 0 saturated carbocycles. The lowest BCUT2D eigenvalue weighted by Gasteiger charge is -2.13. The molecule has 1 aliphatic rings. The van der Waals surface area contributed by atoms with Crippen molar-refractivity contribution in [3.05, 3.63) is 113 Å². The number of esters is 1. The summed E-state index contributed by atoms with van der Waals surface area (Å²) in [4.78, 5) is 51.5. The highest BCUT2D eigenvalue weighted by molar-refractivity contribution is 6.34. The van der Waals surface area contributed by atoms with Gasteiger partial charge < -0.3 is 4.74 Å². The van der Waals surface area contributed by atoms with Crippen LogP contribution in [0.5, 0.6) is 0 Å². The van der Waals surface area contributed by atoms with Crippen molar-refractivity contribution in [2.24, 2.45) is 0 Å². The number of halogens is 1. The Bertz CT molecular complexity index is 1490. The number of rotatable bonds is 5. The fraction of sp³-hybridized carbons (Fsp3) is 0.0370. The third kappa shape index (κ3) is 3.73. The summed E-state index contributed by atoms with van der Waals surface area (Å²) in [6.07, 6.45) is 0. The molecular weight excluding hydrogens is 437 g/mol. The van der Waals surface area contributed by atoms with Crippen LogP contribution in [-0.4, -0.2) is 30.2 Å². The van der Waals surface area contributed by atoms with E-state index in [0.717, 1.165) is 27.8 Å². The van der Waals surface area contributed by atoms with Gasteiger partial charge in [-0.05, 0) is 59.3 Å². The Labute approximate surface area is 193 Å². The Hall–Kier alpha value is -4.65. The molecule has 34 heavy (non-hydrogen) atoms. The van der Waals surface area contributed by atoms with Gasteiger partial charge in [-0.1, -0.05) is 36.4 Å². The maximum Gasteiger partial charge on any atom is 0.338 e. The van der Waals surface area contributed by atoms with Crippen molar-refractivity contribution in [1.29, 1.82) is 0 Å². The molecule has 0 saturated heterocycles. The Balaban J connectivity index is 1.31. The average molecular weight is 453 g/mol. The standard InChI is InChI=1S/C27H16FNO5/c28-20-8-10-21(11-9-20)29-25(31)22-12-7-19(14-23(22)26(29)32)27(33)34-15-24(30)18-6-5-16-3-1-2-4-17(16)13-18/h1-14H,15H2. The second-order valence-corrected chi connectivity index (χ2v) is 7.74. The largest absolute Gasteiger partial charge is 0.454 e. The van der Waals surface area contributed by atoms with Gasteiger partial charge in [-0.2, -0.15) is 0 Å². The van der Waals surface area contributed by atoms with E-state index in [4.69, 9.17) is 4.74 Å². The van der Waals surface area contributed by atoms with Gasteiger partial charge in [0.15, 0.2) is 12.4 Å². The van der Waals surface area contributed by atoms with Gasteiger partial charge in [-0.15, -0.1) is 0 Å². The number of anilines is 1. The molecule has 0 aromatic heterocycles. The zero-order valence-corrected chi connectivity index (χ0v) is 17.7. The first-order valence-electron chi connectivity index (χ1n) is 10.4. The first-order valence-corrected chi connectivity index (χ1v) is 10.4. The van der Waals surface area contributed by atoms with Gasteiger partial charge in [-0.25, -0.2) is 14.1 Å². The van der Waals surface area contributed by atoms with Crippen LogP contribution in [0.1, 0.15) is 41.4 Å². The number of amides is 2. The number of Topliss-reactive ketones (excluding diaryl/α,β-unsaturated/α-hetero) is 1. The SMILES string of the molecule is O=C(COC(=O)c1ccc2c(c1)C(=O)N(c1ccc(F)cc1)C2=O)c1ccc2ccccc2c1. The van der Waals surface area contributed by atoms with Crippen molar-refractivity contribution in [2.75, 3.05) is 11.5 Å². The molecule has 0 radical (unpaired) electrons. The number of ketones is 1. The van der Waals surface area contributed by atoms with E-state index in [2.05, 4.69) is 0 Å². The van der Waals surface area contributed by atoms with Crippen LogP contribution in [0.3, 0.4) is 0 Å². The fourth-order valence-electron chi connectivity index (χ4n) is 3.85. The summed E-state index contributed by atoms with van der Waals surface area (Å²) in [6, 6.07) is 21.7. The second-order valence-electron chi connectivity index (χ2n) is 7.74. The lowest BCUT2D eigenvalue weighted by molar-refractivity contribution is 0.0474. The molecule has 0 spiro atoms. The van der Waals surface area contributed by atoms with Crippen molar-refractivity contribution in [3.63, 3.8) is 0 Å². The molecule has 7 heteroatoms. The highest BCUT2D eigenvalue weighted by atomic mass is 19.1. The van der Waals surface area contributed by atoms with Gasteiger partial charge in [0.25, 0.3) is 11.8 Å². The van der Waals surface area contributed by atoms with Crippen LogP contribution in [0.4, 0.5) is 10.1 Å². The number of hydrogen-bond acceptors (Lipinski definition) is 5. The zero-order valence-electron chi connectivity index (χ0n) is 17.7. The quantitative estimate of drug-likeness (QED) is 0.246. The van der Waals surface area contributed by atoms with Crippen molar-refractivity contribution >= 4 is 40.0 Å². The molecule has 4 aromatic rings. The molecule has 5 rings (SSSR count). The van der Waals surface area contributed by atoms with E-state index in [1.54, 1.807) is 12.1 Å². The highest BCUT2D eigenvalue weighted by Crippen LogP contribution is 2.29. The number of ether oxygens (including phenoxy) is 1. The van der Waals surface area contributed by atoms with Crippen molar-refractivity contribution in [3.8, 4) is 0 Å². The van der Waals surface area contributed by atoms with Gasteiger partial charge in [0.1, 0.15) is 5.82 Å². The summed E-state index contributed by atoms with van der Waals surface area (Å²) in [5, 5.41) is 1.88. The van der Waals surface area contributed by atoms with E-state index < -0.39 is 30.2 Å². The van der Waals surface area contributed by atoms with Crippen molar-refractivity contribution in [1.82, 2.24) is 0 Å². The smallest absolute Gasteiger partial charge is 0.338 e. The average Bonchev–Trinajstić information content (AvgIpc) is 3.11. The van der Waals surface area contributed by atoms with E-state index in [1.165, 1.54) is 30.3 Å². The Morgan fingerprint density at radius 2 is 1.41 bits per heavy atom. The minimum Gasteiger partial charge on any atom is -0.454 e. The summed E-state index contributed by atoms with van der Waals surface area (Å²) < 4.78 is 18.4. The van der Waals surface area contributed by atoms with E-state index in [9.17, 15) is 23.6 Å². The normalized spacial score (nSPS) is 12.7. The van der Waals surface area contributed by atoms with Gasteiger partial charge >= 0.3 is 5.97 Å². The predicted molar refractivity (Wildman–Crippen MR) is 123 cm³/mol. The van der Waals surface area contributed by atoms with Crippen LogP contribution in [0.2, 0.25) is 0 Å². The Morgan fingerprint density at radius 1 is 0.735 bits per heavy atom. The monoisotopic (exact) mass is 453 g/mol. The molecule has 1 heterocycles. The number of carbonyl (C=O) groups excluding carboxylic acids is 4. The third-order valence-corrected chi connectivity index (χ3v) is 5.61. The number of benzene rings is 4. The summed E-state index contributed by atoms with van der Waals surface area (Å²) in [6.45, 7) is -0.469. The van der Waals surface area contributed by atoms with Gasteiger partial charge in [0.2, 0.25) is 0 Å². The molecule has 0 atom stereocenters. The Morgan fingerprint density at radius 3 is 2.18 bits per heavy atom. The van der Waals surface area contributed by atoms with E-state index >= 15 is 0 Å². The molecule has 0 N–H and O–H groups in total. The van der Waals surface area contributed by atoms with Crippen LogP contribution in [0.15, 0.2) is 84.9 Å². The molecule has 0 fully saturated rings. The van der Waals surface area contributed by atoms with Gasteiger partial charge in [0.05, 0.1) is 22.4 Å². The zero-order chi connectivity index (χ0) is 23.8. The van der Waals surface area contributed by atoms with Crippen LogP contribution in [0.25, 0.3) is 10.8 Å². The molecule has 4 aromatic carbocycles. The molecule has 0 bridgehead atoms. The number of carbonyl (C=O) groups is 4. The minimum atomic E-state index is -0.794. The van der Waals surface area contributed by atoms with Crippen LogP contribution in [-0.2, 0) is 4.74 Å². The lowest BCUT2D eigenvalue weighted by atomic mass is 10.0. The Kier molecular flexibility index (Phi) is 5.22. The third-order valence-electron chi connectivity index (χ3n) is 5.61. The van der Waals surface area contributed by atoms with Crippen molar-refractivity contribution < 1.29 is 28.3 Å². The number of nitrogens with zero attached hydrogens (tertiary/aromatic N) is 1. The number of hydrogen-bond donors (Lipinski definition) is 0. The molecule has 0 unspecified atom stereocenters. The fourth-order valence-corrected chi connectivity index (χ4v) is 3.85. The molecule has 1 aliphatic heterocycles. The van der Waals surface area contributed by atoms with E-state index in [0.29, 0.717) is 5.56 Å². The van der Waals surface area contributed by atoms with Crippen LogP contribution in [0, 0.1) is 5.82 Å². The second kappa shape index (κ2) is 8.37. The predicted octanol–water partition coefficient (Wildman–Crippen LogP) is 4.82. The van der Waals surface area contributed by atoms with Gasteiger partial charge in [0, 0.05) is 5.56 Å². The lowest BCUT2D eigenvalue weighted by Crippen LogP contribution is -2.29. The highest BCUT2D eigenvalue weighted by Gasteiger charge is 2.37. The topological polar surface area (TPSA) is 80.8 Å². The first-order chi connectivity index (χ1) is 16.4. The number of fused-ring (bicyclic) bond motifs is 2. The summed E-state index contributed by atoms with van der Waals surface area (Å²) >= 11 is 0. The van der Waals surface area contributed by atoms with E-state index in [1.807, 2.05) is 30.3 Å². The number of imide groups is 1. The van der Waals surface area contributed by atoms with Crippen molar-refractivity contribution in [2.45, 2.75) is 0 Å². The molecule has 2 amide bonds. The summed E-state index contributed by atoms with van der Waals surface area (Å²) in [5.41, 5.74) is 0.823. The summed E-state index contributed by atoms with van der Waals surface area (Å²) in [7, 11) is 0. The molecule has 0 aliphatic carbocycles. The maximum absolute atomic E-state index is 13.2. The molecule has 166 valence electrons. The first kappa shape index (κ1) is 21.2.